The lowest BCUT2D eigenvalue weighted by Crippen LogP contribution is -2.31. The number of nitrogens with two attached hydrogens (primary N) is 1. The molecule has 0 unspecified atom stereocenters. The van der Waals surface area contributed by atoms with E-state index < -0.39 is 24.5 Å². The third-order valence-corrected chi connectivity index (χ3v) is 3.40. The van der Waals surface area contributed by atoms with Crippen molar-refractivity contribution in [3.63, 3.8) is 0 Å². The standard InChI is InChI=1S/C11H15N5O3/c1-2-5-7(17)8(18)11(19-5)16-4-15-6-9(12)13-3-14-10(6)16/h3-5,7-8,11,17-18H,2H2,1H3,(H2,12,13,14)/t5-,7-,8-,11-/m1/s1. The summed E-state index contributed by atoms with van der Waals surface area (Å²) in [5.74, 6) is 0.267. The third-order valence-electron chi connectivity index (χ3n) is 3.40. The molecule has 1 fully saturated rings. The third kappa shape index (κ3) is 1.76. The summed E-state index contributed by atoms with van der Waals surface area (Å²) in [7, 11) is 0. The number of aromatic nitrogens is 4. The molecule has 19 heavy (non-hydrogen) atoms. The maximum atomic E-state index is 10.1. The predicted octanol–water partition coefficient (Wildman–Crippen LogP) is -0.562. The van der Waals surface area contributed by atoms with E-state index in [1.54, 1.807) is 4.57 Å². The van der Waals surface area contributed by atoms with Crippen molar-refractivity contribution >= 4 is 17.0 Å². The van der Waals surface area contributed by atoms with Crippen molar-refractivity contribution in [2.75, 3.05) is 5.73 Å². The van der Waals surface area contributed by atoms with Gasteiger partial charge in [0.05, 0.1) is 12.4 Å². The number of anilines is 1. The van der Waals surface area contributed by atoms with Crippen molar-refractivity contribution in [2.24, 2.45) is 0 Å². The number of rotatable bonds is 2. The molecule has 0 spiro atoms. The van der Waals surface area contributed by atoms with E-state index >= 15 is 0 Å². The molecule has 4 atom stereocenters. The first-order valence-corrected chi connectivity index (χ1v) is 6.08. The van der Waals surface area contributed by atoms with Gasteiger partial charge < -0.3 is 20.7 Å². The fourth-order valence-corrected chi connectivity index (χ4v) is 2.35. The summed E-state index contributed by atoms with van der Waals surface area (Å²) in [5, 5.41) is 19.9. The molecular weight excluding hydrogens is 250 g/mol. The minimum absolute atomic E-state index is 0.267. The van der Waals surface area contributed by atoms with E-state index in [0.29, 0.717) is 17.6 Å². The number of nitrogens with zero attached hydrogens (tertiary/aromatic N) is 4. The van der Waals surface area contributed by atoms with Crippen molar-refractivity contribution in [3.8, 4) is 0 Å². The fraction of sp³-hybridized carbons (Fsp3) is 0.545. The SMILES string of the molecule is CC[C@H]1O[C@@H](n2cnc3c(N)ncnc32)[C@H](O)[C@@H]1O. The highest BCUT2D eigenvalue weighted by Gasteiger charge is 2.43. The lowest BCUT2D eigenvalue weighted by molar-refractivity contribution is -0.0355. The van der Waals surface area contributed by atoms with Crippen LogP contribution < -0.4 is 5.73 Å². The van der Waals surface area contributed by atoms with Crippen LogP contribution in [0.2, 0.25) is 0 Å². The van der Waals surface area contributed by atoms with Crippen LogP contribution in [-0.4, -0.2) is 48.0 Å². The van der Waals surface area contributed by atoms with Gasteiger partial charge in [-0.3, -0.25) is 4.57 Å². The highest BCUT2D eigenvalue weighted by molar-refractivity contribution is 5.81. The summed E-state index contributed by atoms with van der Waals surface area (Å²) < 4.78 is 7.22. The van der Waals surface area contributed by atoms with Gasteiger partial charge in [0.25, 0.3) is 0 Å². The van der Waals surface area contributed by atoms with Gasteiger partial charge in [-0.1, -0.05) is 6.92 Å². The Morgan fingerprint density at radius 2 is 2.11 bits per heavy atom. The van der Waals surface area contributed by atoms with Gasteiger partial charge in [-0.15, -0.1) is 0 Å². The number of imidazole rings is 1. The van der Waals surface area contributed by atoms with Gasteiger partial charge >= 0.3 is 0 Å². The molecule has 2 aromatic rings. The molecule has 102 valence electrons. The van der Waals surface area contributed by atoms with Gasteiger partial charge in [0.1, 0.15) is 24.1 Å². The van der Waals surface area contributed by atoms with E-state index in [4.69, 9.17) is 10.5 Å². The molecule has 1 saturated heterocycles. The van der Waals surface area contributed by atoms with Crippen LogP contribution in [0.5, 0.6) is 0 Å². The molecular formula is C11H15N5O3. The predicted molar refractivity (Wildman–Crippen MR) is 66.0 cm³/mol. The zero-order valence-corrected chi connectivity index (χ0v) is 10.3. The summed E-state index contributed by atoms with van der Waals surface area (Å²) in [4.78, 5) is 12.1. The Balaban J connectivity index is 2.04. The first-order chi connectivity index (χ1) is 9.13. The monoisotopic (exact) mass is 265 g/mol. The first kappa shape index (κ1) is 12.3. The number of fused-ring (bicyclic) bond motifs is 1. The molecule has 0 saturated carbocycles. The van der Waals surface area contributed by atoms with Crippen molar-refractivity contribution in [1.29, 1.82) is 0 Å². The van der Waals surface area contributed by atoms with Crippen LogP contribution in [0, 0.1) is 0 Å². The van der Waals surface area contributed by atoms with Crippen molar-refractivity contribution in [3.05, 3.63) is 12.7 Å². The Morgan fingerprint density at radius 3 is 2.79 bits per heavy atom. The molecule has 8 nitrogen and oxygen atoms in total. The fourth-order valence-electron chi connectivity index (χ4n) is 2.35. The quantitative estimate of drug-likeness (QED) is 0.665. The topological polar surface area (TPSA) is 119 Å². The van der Waals surface area contributed by atoms with Crippen LogP contribution in [0.25, 0.3) is 11.2 Å². The zero-order valence-electron chi connectivity index (χ0n) is 10.3. The maximum absolute atomic E-state index is 10.1. The molecule has 4 N–H and O–H groups in total. The molecule has 8 heteroatoms. The Labute approximate surface area is 108 Å². The van der Waals surface area contributed by atoms with Gasteiger partial charge in [0.2, 0.25) is 0 Å². The number of hydrogen-bond acceptors (Lipinski definition) is 7. The number of aliphatic hydroxyl groups is 2. The van der Waals surface area contributed by atoms with Crippen LogP contribution in [0.15, 0.2) is 12.7 Å². The second-order valence-corrected chi connectivity index (χ2v) is 4.54. The van der Waals surface area contributed by atoms with E-state index in [2.05, 4.69) is 15.0 Å². The Hall–Kier alpha value is -1.77. The van der Waals surface area contributed by atoms with E-state index in [9.17, 15) is 10.2 Å². The van der Waals surface area contributed by atoms with Crippen LogP contribution in [-0.2, 0) is 4.74 Å². The smallest absolute Gasteiger partial charge is 0.167 e. The number of ether oxygens (including phenoxy) is 1. The minimum atomic E-state index is -1.03. The summed E-state index contributed by atoms with van der Waals surface area (Å²) in [6.45, 7) is 1.88. The van der Waals surface area contributed by atoms with Gasteiger partial charge in [-0.2, -0.15) is 0 Å². The number of aliphatic hydroxyl groups excluding tert-OH is 2. The molecule has 0 aliphatic carbocycles. The van der Waals surface area contributed by atoms with Crippen molar-refractivity contribution < 1.29 is 14.9 Å². The van der Waals surface area contributed by atoms with Crippen molar-refractivity contribution in [1.82, 2.24) is 19.5 Å². The van der Waals surface area contributed by atoms with Gasteiger partial charge in [-0.25, -0.2) is 15.0 Å². The summed E-state index contributed by atoms with van der Waals surface area (Å²) in [6.07, 6.45) is 0.332. The van der Waals surface area contributed by atoms with E-state index in [1.165, 1.54) is 12.7 Å². The van der Waals surface area contributed by atoms with Crippen LogP contribution in [0.1, 0.15) is 19.6 Å². The van der Waals surface area contributed by atoms with E-state index in [0.717, 1.165) is 0 Å². The lowest BCUT2D eigenvalue weighted by atomic mass is 10.1. The largest absolute Gasteiger partial charge is 0.388 e. The van der Waals surface area contributed by atoms with Crippen molar-refractivity contribution in [2.45, 2.75) is 37.9 Å². The molecule has 3 rings (SSSR count). The second kappa shape index (κ2) is 4.41. The Bertz CT molecular complexity index is 601. The highest BCUT2D eigenvalue weighted by Crippen LogP contribution is 2.32. The summed E-state index contributed by atoms with van der Waals surface area (Å²) >= 11 is 0. The zero-order chi connectivity index (χ0) is 13.6. The first-order valence-electron chi connectivity index (χ1n) is 6.08. The second-order valence-electron chi connectivity index (χ2n) is 4.54. The number of hydrogen-bond donors (Lipinski definition) is 3. The van der Waals surface area contributed by atoms with E-state index in [1.807, 2.05) is 6.92 Å². The van der Waals surface area contributed by atoms with Crippen LogP contribution >= 0.6 is 0 Å². The molecule has 0 aromatic carbocycles. The summed E-state index contributed by atoms with van der Waals surface area (Å²) in [5.41, 5.74) is 6.63. The highest BCUT2D eigenvalue weighted by atomic mass is 16.6. The number of nitrogen functional groups attached to an aromatic ring is 1. The maximum Gasteiger partial charge on any atom is 0.167 e. The Morgan fingerprint density at radius 1 is 1.32 bits per heavy atom. The van der Waals surface area contributed by atoms with E-state index in [-0.39, 0.29) is 5.82 Å². The molecule has 3 heterocycles. The molecule has 1 aliphatic rings. The van der Waals surface area contributed by atoms with Crippen LogP contribution in [0.3, 0.4) is 0 Å². The van der Waals surface area contributed by atoms with Gasteiger partial charge in [0, 0.05) is 0 Å². The molecule has 0 radical (unpaired) electrons. The molecule has 2 aromatic heterocycles. The summed E-state index contributed by atoms with van der Waals surface area (Å²) in [6, 6.07) is 0. The molecule has 0 bridgehead atoms. The average molecular weight is 265 g/mol. The lowest BCUT2D eigenvalue weighted by Gasteiger charge is -2.16. The molecule has 0 amide bonds. The Kier molecular flexibility index (Phi) is 2.85. The normalized spacial score (nSPS) is 31.1. The van der Waals surface area contributed by atoms with Crippen LogP contribution in [0.4, 0.5) is 5.82 Å². The average Bonchev–Trinajstić information content (AvgIpc) is 2.94. The minimum Gasteiger partial charge on any atom is -0.388 e. The van der Waals surface area contributed by atoms with Gasteiger partial charge in [0.15, 0.2) is 17.7 Å². The molecule has 1 aliphatic heterocycles. The van der Waals surface area contributed by atoms with Gasteiger partial charge in [-0.05, 0) is 6.42 Å².